The van der Waals surface area contributed by atoms with Crippen LogP contribution in [0.1, 0.15) is 11.1 Å². The molecule has 2 rings (SSSR count). The van der Waals surface area contributed by atoms with Gasteiger partial charge in [0.1, 0.15) is 0 Å². The van der Waals surface area contributed by atoms with Crippen LogP contribution in [0, 0.1) is 0 Å². The average Bonchev–Trinajstić information content (AvgIpc) is 2.41. The van der Waals surface area contributed by atoms with Gasteiger partial charge in [0.25, 0.3) is 0 Å². The third-order valence-electron chi connectivity index (χ3n) is 2.42. The first-order chi connectivity index (χ1) is 8.45. The number of pyridine rings is 1. The standard InChI is InChI=1S/C15H16N2.2ClH/c1-2-6-14(7-3-1)8-4-10-16-12-15-9-5-11-17-13-15;;/h1-9,11,13,16H,10,12H2;2*1H. The van der Waals surface area contributed by atoms with Crippen LogP contribution in [0.25, 0.3) is 6.08 Å². The predicted octanol–water partition coefficient (Wildman–Crippen LogP) is 3.73. The molecule has 0 bridgehead atoms. The summed E-state index contributed by atoms with van der Waals surface area (Å²) in [5, 5.41) is 3.35. The summed E-state index contributed by atoms with van der Waals surface area (Å²) in [6, 6.07) is 14.3. The zero-order valence-electron chi connectivity index (χ0n) is 10.5. The first-order valence-corrected chi connectivity index (χ1v) is 5.76. The zero-order chi connectivity index (χ0) is 11.8. The number of hydrogen-bond acceptors (Lipinski definition) is 2. The molecule has 4 heteroatoms. The Hall–Kier alpha value is -1.35. The van der Waals surface area contributed by atoms with Gasteiger partial charge in [-0.05, 0) is 17.2 Å². The average molecular weight is 297 g/mol. The monoisotopic (exact) mass is 296 g/mol. The van der Waals surface area contributed by atoms with Gasteiger partial charge in [0.05, 0.1) is 0 Å². The Balaban J connectivity index is 0.00000162. The molecule has 0 aliphatic carbocycles. The van der Waals surface area contributed by atoms with Crippen molar-refractivity contribution < 1.29 is 0 Å². The molecule has 0 aliphatic heterocycles. The minimum atomic E-state index is 0. The maximum atomic E-state index is 4.07. The van der Waals surface area contributed by atoms with E-state index in [0.29, 0.717) is 0 Å². The molecule has 19 heavy (non-hydrogen) atoms. The molecule has 0 unspecified atom stereocenters. The maximum Gasteiger partial charge on any atom is 0.0312 e. The number of nitrogens with one attached hydrogen (secondary N) is 1. The molecule has 1 heterocycles. The Morgan fingerprint density at radius 2 is 1.79 bits per heavy atom. The van der Waals surface area contributed by atoms with Crippen LogP contribution < -0.4 is 5.32 Å². The van der Waals surface area contributed by atoms with Gasteiger partial charge in [0, 0.05) is 25.5 Å². The molecule has 0 aliphatic rings. The Kier molecular flexibility index (Phi) is 9.81. The highest BCUT2D eigenvalue weighted by Crippen LogP contribution is 2.00. The molecule has 0 saturated heterocycles. The lowest BCUT2D eigenvalue weighted by Crippen LogP contribution is -2.12. The SMILES string of the molecule is C(=Cc1ccccc1)CNCc1cccnc1.Cl.Cl. The van der Waals surface area contributed by atoms with Crippen LogP contribution >= 0.6 is 24.8 Å². The van der Waals surface area contributed by atoms with E-state index in [0.717, 1.165) is 13.1 Å². The number of nitrogens with zero attached hydrogens (tertiary/aromatic N) is 1. The van der Waals surface area contributed by atoms with Crippen LogP contribution in [-0.2, 0) is 6.54 Å². The van der Waals surface area contributed by atoms with E-state index in [1.807, 2.05) is 30.5 Å². The summed E-state index contributed by atoms with van der Waals surface area (Å²) in [7, 11) is 0. The van der Waals surface area contributed by atoms with Gasteiger partial charge in [-0.2, -0.15) is 0 Å². The van der Waals surface area contributed by atoms with Gasteiger partial charge in [-0.25, -0.2) is 0 Å². The minimum Gasteiger partial charge on any atom is -0.309 e. The molecule has 0 radical (unpaired) electrons. The molecule has 0 amide bonds. The van der Waals surface area contributed by atoms with Crippen LogP contribution in [0.2, 0.25) is 0 Å². The Morgan fingerprint density at radius 1 is 1.00 bits per heavy atom. The normalized spacial score (nSPS) is 9.68. The van der Waals surface area contributed by atoms with Gasteiger partial charge >= 0.3 is 0 Å². The molecule has 102 valence electrons. The number of benzene rings is 1. The van der Waals surface area contributed by atoms with Crippen molar-refractivity contribution in [2.45, 2.75) is 6.54 Å². The summed E-state index contributed by atoms with van der Waals surface area (Å²) in [5.74, 6) is 0. The molecule has 1 aromatic heterocycles. The summed E-state index contributed by atoms with van der Waals surface area (Å²) in [5.41, 5.74) is 2.44. The van der Waals surface area contributed by atoms with Gasteiger partial charge in [-0.15, -0.1) is 24.8 Å². The second kappa shape index (κ2) is 10.6. The summed E-state index contributed by atoms with van der Waals surface area (Å²) in [4.78, 5) is 4.07. The van der Waals surface area contributed by atoms with Crippen LogP contribution in [0.15, 0.2) is 60.9 Å². The second-order valence-electron chi connectivity index (χ2n) is 3.81. The van der Waals surface area contributed by atoms with Gasteiger partial charge < -0.3 is 5.32 Å². The van der Waals surface area contributed by atoms with Crippen LogP contribution in [0.3, 0.4) is 0 Å². The van der Waals surface area contributed by atoms with E-state index < -0.39 is 0 Å². The van der Waals surface area contributed by atoms with Gasteiger partial charge in [0.2, 0.25) is 0 Å². The first kappa shape index (κ1) is 17.6. The van der Waals surface area contributed by atoms with E-state index in [9.17, 15) is 0 Å². The molecule has 0 fully saturated rings. The molecule has 0 spiro atoms. The summed E-state index contributed by atoms with van der Waals surface area (Å²) in [6.45, 7) is 1.72. The van der Waals surface area contributed by atoms with E-state index in [-0.39, 0.29) is 24.8 Å². The quantitative estimate of drug-likeness (QED) is 0.851. The van der Waals surface area contributed by atoms with Crippen molar-refractivity contribution in [3.05, 3.63) is 72.1 Å². The van der Waals surface area contributed by atoms with Crippen molar-refractivity contribution in [1.29, 1.82) is 0 Å². The van der Waals surface area contributed by atoms with E-state index in [4.69, 9.17) is 0 Å². The highest BCUT2D eigenvalue weighted by atomic mass is 35.5. The third-order valence-corrected chi connectivity index (χ3v) is 2.42. The summed E-state index contributed by atoms with van der Waals surface area (Å²) < 4.78 is 0. The molecule has 1 aromatic carbocycles. The summed E-state index contributed by atoms with van der Waals surface area (Å²) in [6.07, 6.45) is 7.93. The molecule has 0 atom stereocenters. The van der Waals surface area contributed by atoms with E-state index in [1.165, 1.54) is 11.1 Å². The number of hydrogen-bond donors (Lipinski definition) is 1. The first-order valence-electron chi connectivity index (χ1n) is 5.76. The smallest absolute Gasteiger partial charge is 0.0312 e. The molecule has 0 saturated carbocycles. The lowest BCUT2D eigenvalue weighted by Gasteiger charge is -2.00. The molecular weight excluding hydrogens is 279 g/mol. The van der Waals surface area contributed by atoms with Crippen molar-refractivity contribution in [3.63, 3.8) is 0 Å². The topological polar surface area (TPSA) is 24.9 Å². The summed E-state index contributed by atoms with van der Waals surface area (Å²) >= 11 is 0. The van der Waals surface area contributed by atoms with Crippen molar-refractivity contribution in [2.75, 3.05) is 6.54 Å². The fraction of sp³-hybridized carbons (Fsp3) is 0.133. The van der Waals surface area contributed by atoms with Crippen molar-refractivity contribution in [2.24, 2.45) is 0 Å². The van der Waals surface area contributed by atoms with Gasteiger partial charge in [-0.3, -0.25) is 4.98 Å². The van der Waals surface area contributed by atoms with Crippen LogP contribution in [0.5, 0.6) is 0 Å². The lowest BCUT2D eigenvalue weighted by molar-refractivity contribution is 0.758. The van der Waals surface area contributed by atoms with Crippen molar-refractivity contribution in [3.8, 4) is 0 Å². The Bertz CT molecular complexity index is 458. The molecular formula is C15H18Cl2N2. The van der Waals surface area contributed by atoms with Gasteiger partial charge in [-0.1, -0.05) is 48.6 Å². The zero-order valence-corrected chi connectivity index (χ0v) is 12.2. The Labute approximate surface area is 126 Å². The third kappa shape index (κ3) is 6.97. The van der Waals surface area contributed by atoms with E-state index in [2.05, 4.69) is 40.7 Å². The molecule has 2 nitrogen and oxygen atoms in total. The maximum absolute atomic E-state index is 4.07. The largest absolute Gasteiger partial charge is 0.309 e. The van der Waals surface area contributed by atoms with E-state index >= 15 is 0 Å². The fourth-order valence-corrected chi connectivity index (χ4v) is 1.56. The van der Waals surface area contributed by atoms with Crippen LogP contribution in [-0.4, -0.2) is 11.5 Å². The highest BCUT2D eigenvalue weighted by Gasteiger charge is 1.89. The highest BCUT2D eigenvalue weighted by molar-refractivity contribution is 5.85. The number of rotatable bonds is 5. The second-order valence-corrected chi connectivity index (χ2v) is 3.81. The molecule has 1 N–H and O–H groups in total. The van der Waals surface area contributed by atoms with Crippen molar-refractivity contribution >= 4 is 30.9 Å². The lowest BCUT2D eigenvalue weighted by atomic mass is 10.2. The molecule has 2 aromatic rings. The Morgan fingerprint density at radius 3 is 2.47 bits per heavy atom. The van der Waals surface area contributed by atoms with Gasteiger partial charge in [0.15, 0.2) is 0 Å². The van der Waals surface area contributed by atoms with Crippen LogP contribution in [0.4, 0.5) is 0 Å². The predicted molar refractivity (Wildman–Crippen MR) is 85.9 cm³/mol. The number of aromatic nitrogens is 1. The number of halogens is 2. The van der Waals surface area contributed by atoms with E-state index in [1.54, 1.807) is 6.20 Å². The minimum absolute atomic E-state index is 0. The fourth-order valence-electron chi connectivity index (χ4n) is 1.56. The van der Waals surface area contributed by atoms with Crippen molar-refractivity contribution in [1.82, 2.24) is 10.3 Å².